The third-order valence-electron chi connectivity index (χ3n) is 1.66. The maximum absolute atomic E-state index is 8.46. The van der Waals surface area contributed by atoms with E-state index >= 15 is 0 Å². The van der Waals surface area contributed by atoms with Gasteiger partial charge in [0, 0.05) is 6.07 Å². The number of thioether (sulfide) groups is 1. The summed E-state index contributed by atoms with van der Waals surface area (Å²) in [6.07, 6.45) is 0. The van der Waals surface area contributed by atoms with Crippen LogP contribution < -0.4 is 9.47 Å². The van der Waals surface area contributed by atoms with Gasteiger partial charge >= 0.3 is 0 Å². The monoisotopic (exact) mass is 209 g/mol. The van der Waals surface area contributed by atoms with Crippen molar-refractivity contribution in [3.63, 3.8) is 0 Å². The quantitative estimate of drug-likeness (QED) is 0.714. The van der Waals surface area contributed by atoms with E-state index in [1.807, 2.05) is 12.1 Å². The molecule has 0 bridgehead atoms. The average molecular weight is 209 g/mol. The van der Waals surface area contributed by atoms with E-state index in [9.17, 15) is 0 Å². The number of nitriles is 1. The molecule has 0 unspecified atom stereocenters. The summed E-state index contributed by atoms with van der Waals surface area (Å²) in [6.45, 7) is 0. The smallest absolute Gasteiger partial charge is 0.136 e. The van der Waals surface area contributed by atoms with Crippen LogP contribution in [0.25, 0.3) is 0 Å². The van der Waals surface area contributed by atoms with Gasteiger partial charge in [0.25, 0.3) is 0 Å². The van der Waals surface area contributed by atoms with Gasteiger partial charge in [0.1, 0.15) is 11.5 Å². The van der Waals surface area contributed by atoms with Crippen LogP contribution in [0.15, 0.2) is 23.1 Å². The molecule has 0 fully saturated rings. The van der Waals surface area contributed by atoms with Crippen molar-refractivity contribution < 1.29 is 9.47 Å². The standard InChI is InChI=1S/C10H11NO2S/c1-12-8-3-4-10(14-6-5-11)9(7-8)13-2/h3-4,7H,6H2,1-2H3. The third kappa shape index (κ3) is 2.57. The molecule has 0 atom stereocenters. The van der Waals surface area contributed by atoms with E-state index < -0.39 is 0 Å². The minimum atomic E-state index is 0.419. The van der Waals surface area contributed by atoms with Crippen molar-refractivity contribution in [3.8, 4) is 17.6 Å². The predicted molar refractivity (Wildman–Crippen MR) is 55.9 cm³/mol. The first-order valence-electron chi connectivity index (χ1n) is 4.03. The van der Waals surface area contributed by atoms with E-state index in [1.165, 1.54) is 11.8 Å². The van der Waals surface area contributed by atoms with Gasteiger partial charge in [-0.25, -0.2) is 0 Å². The zero-order valence-electron chi connectivity index (χ0n) is 8.11. The minimum absolute atomic E-state index is 0.419. The summed E-state index contributed by atoms with van der Waals surface area (Å²) in [5.74, 6) is 1.91. The second kappa shape index (κ2) is 5.40. The highest BCUT2D eigenvalue weighted by atomic mass is 32.2. The van der Waals surface area contributed by atoms with Crippen molar-refractivity contribution in [2.45, 2.75) is 4.90 Å². The van der Waals surface area contributed by atoms with Gasteiger partial charge in [-0.05, 0) is 12.1 Å². The first-order valence-corrected chi connectivity index (χ1v) is 5.02. The molecule has 74 valence electrons. The number of hydrogen-bond acceptors (Lipinski definition) is 4. The second-order valence-electron chi connectivity index (χ2n) is 2.46. The van der Waals surface area contributed by atoms with E-state index in [0.29, 0.717) is 5.75 Å². The van der Waals surface area contributed by atoms with Crippen LogP contribution in [-0.4, -0.2) is 20.0 Å². The Morgan fingerprint density at radius 2 is 2.14 bits per heavy atom. The normalized spacial score (nSPS) is 9.21. The van der Waals surface area contributed by atoms with Crippen LogP contribution in [0, 0.1) is 11.3 Å². The van der Waals surface area contributed by atoms with E-state index in [-0.39, 0.29) is 0 Å². The number of ether oxygens (including phenoxy) is 2. The number of benzene rings is 1. The molecule has 1 aromatic carbocycles. The molecule has 4 heteroatoms. The van der Waals surface area contributed by atoms with Gasteiger partial charge in [0.15, 0.2) is 0 Å². The van der Waals surface area contributed by atoms with Crippen LogP contribution in [0.5, 0.6) is 11.5 Å². The molecular formula is C10H11NO2S. The molecule has 1 rings (SSSR count). The molecule has 0 aliphatic carbocycles. The number of methoxy groups -OCH3 is 2. The summed E-state index contributed by atoms with van der Waals surface area (Å²) < 4.78 is 10.2. The fourth-order valence-electron chi connectivity index (χ4n) is 1.00. The molecule has 0 spiro atoms. The molecule has 3 nitrogen and oxygen atoms in total. The van der Waals surface area contributed by atoms with Gasteiger partial charge in [-0.2, -0.15) is 5.26 Å². The molecule has 1 aromatic rings. The first kappa shape index (κ1) is 10.7. The Bertz CT molecular complexity index is 346. The summed E-state index contributed by atoms with van der Waals surface area (Å²) in [5.41, 5.74) is 0. The summed E-state index contributed by atoms with van der Waals surface area (Å²) in [4.78, 5) is 0.954. The first-order chi connectivity index (χ1) is 6.81. The molecular weight excluding hydrogens is 198 g/mol. The second-order valence-corrected chi connectivity index (χ2v) is 3.48. The highest BCUT2D eigenvalue weighted by Gasteiger charge is 2.04. The summed E-state index contributed by atoms with van der Waals surface area (Å²) >= 11 is 1.45. The Morgan fingerprint density at radius 1 is 1.36 bits per heavy atom. The lowest BCUT2D eigenvalue weighted by atomic mass is 10.3. The summed E-state index contributed by atoms with van der Waals surface area (Å²) in [5, 5.41) is 8.46. The largest absolute Gasteiger partial charge is 0.497 e. The van der Waals surface area contributed by atoms with Crippen molar-refractivity contribution in [2.75, 3.05) is 20.0 Å². The number of nitrogens with zero attached hydrogens (tertiary/aromatic N) is 1. The lowest BCUT2D eigenvalue weighted by Crippen LogP contribution is -1.89. The fourth-order valence-corrected chi connectivity index (χ4v) is 1.67. The van der Waals surface area contributed by atoms with Crippen molar-refractivity contribution in [1.82, 2.24) is 0 Å². The molecule has 0 amide bonds. The van der Waals surface area contributed by atoms with Crippen molar-refractivity contribution in [2.24, 2.45) is 0 Å². The highest BCUT2D eigenvalue weighted by molar-refractivity contribution is 7.99. The minimum Gasteiger partial charge on any atom is -0.497 e. The van der Waals surface area contributed by atoms with Gasteiger partial charge in [0.2, 0.25) is 0 Å². The summed E-state index contributed by atoms with van der Waals surface area (Å²) in [7, 11) is 3.21. The van der Waals surface area contributed by atoms with Crippen LogP contribution in [0.1, 0.15) is 0 Å². The van der Waals surface area contributed by atoms with E-state index in [4.69, 9.17) is 14.7 Å². The van der Waals surface area contributed by atoms with Crippen LogP contribution in [0.3, 0.4) is 0 Å². The average Bonchev–Trinajstić information content (AvgIpc) is 2.26. The zero-order valence-corrected chi connectivity index (χ0v) is 8.93. The Kier molecular flexibility index (Phi) is 4.14. The van der Waals surface area contributed by atoms with Gasteiger partial charge in [-0.15, -0.1) is 11.8 Å². The van der Waals surface area contributed by atoms with E-state index in [2.05, 4.69) is 6.07 Å². The van der Waals surface area contributed by atoms with Crippen LogP contribution in [0.4, 0.5) is 0 Å². The topological polar surface area (TPSA) is 42.2 Å². The number of rotatable bonds is 4. The van der Waals surface area contributed by atoms with Crippen LogP contribution in [-0.2, 0) is 0 Å². The van der Waals surface area contributed by atoms with Gasteiger partial charge < -0.3 is 9.47 Å². The molecule has 0 N–H and O–H groups in total. The SMILES string of the molecule is COc1ccc(SCC#N)c(OC)c1. The maximum Gasteiger partial charge on any atom is 0.136 e. The molecule has 0 saturated carbocycles. The lowest BCUT2D eigenvalue weighted by Gasteiger charge is -2.08. The third-order valence-corrected chi connectivity index (χ3v) is 2.58. The Morgan fingerprint density at radius 3 is 2.71 bits per heavy atom. The van der Waals surface area contributed by atoms with Crippen molar-refractivity contribution in [1.29, 1.82) is 5.26 Å². The molecule has 0 aliphatic rings. The lowest BCUT2D eigenvalue weighted by molar-refractivity contribution is 0.387. The Hall–Kier alpha value is -1.34. The molecule has 0 saturated heterocycles. The highest BCUT2D eigenvalue weighted by Crippen LogP contribution is 2.32. The Labute approximate surface area is 87.6 Å². The van der Waals surface area contributed by atoms with Crippen LogP contribution in [0.2, 0.25) is 0 Å². The fraction of sp³-hybridized carbons (Fsp3) is 0.300. The zero-order chi connectivity index (χ0) is 10.4. The van der Waals surface area contributed by atoms with Gasteiger partial charge in [0.05, 0.1) is 30.9 Å². The molecule has 0 heterocycles. The summed E-state index contributed by atoms with van der Waals surface area (Å²) in [6, 6.07) is 7.62. The van der Waals surface area contributed by atoms with Crippen molar-refractivity contribution in [3.05, 3.63) is 18.2 Å². The van der Waals surface area contributed by atoms with E-state index in [1.54, 1.807) is 20.3 Å². The maximum atomic E-state index is 8.46. The molecule has 0 aliphatic heterocycles. The van der Waals surface area contributed by atoms with Crippen molar-refractivity contribution >= 4 is 11.8 Å². The molecule has 14 heavy (non-hydrogen) atoms. The van der Waals surface area contributed by atoms with E-state index in [0.717, 1.165) is 16.4 Å². The molecule has 0 radical (unpaired) electrons. The van der Waals surface area contributed by atoms with Gasteiger partial charge in [-0.3, -0.25) is 0 Å². The van der Waals surface area contributed by atoms with Gasteiger partial charge in [-0.1, -0.05) is 0 Å². The Balaban J connectivity index is 2.88. The number of hydrogen-bond donors (Lipinski definition) is 0. The predicted octanol–water partition coefficient (Wildman–Crippen LogP) is 2.32. The van der Waals surface area contributed by atoms with Crippen LogP contribution >= 0.6 is 11.8 Å². The molecule has 0 aromatic heterocycles.